The minimum absolute atomic E-state index is 0.141. The number of rotatable bonds is 9. The van der Waals surface area contributed by atoms with E-state index in [0.717, 1.165) is 18.6 Å². The Morgan fingerprint density at radius 1 is 1.19 bits per heavy atom. The van der Waals surface area contributed by atoms with E-state index in [2.05, 4.69) is 11.1 Å². The second-order valence-electron chi connectivity index (χ2n) is 7.32. The summed E-state index contributed by atoms with van der Waals surface area (Å²) in [4.78, 5) is 18.0. The van der Waals surface area contributed by atoms with Gasteiger partial charge in [0.05, 0.1) is 25.3 Å². The van der Waals surface area contributed by atoms with E-state index >= 15 is 0 Å². The standard InChI is InChI=1S/C23H30N2O2/c1-2-22(26)20-11-3-4-13-23(20)27-17-8-7-16-25-15-6-5-12-21(25)19-10-9-14-24-18-19/h3-4,9-11,13-14,18,21H,2,5-8,12,15-17H2,1H3/p+1/t21-/m1/s1. The Kier molecular flexibility index (Phi) is 7.40. The lowest BCUT2D eigenvalue weighted by atomic mass is 9.96. The molecule has 1 aromatic carbocycles. The van der Waals surface area contributed by atoms with E-state index in [9.17, 15) is 4.79 Å². The Balaban J connectivity index is 1.47. The van der Waals surface area contributed by atoms with Crippen molar-refractivity contribution in [3.63, 3.8) is 0 Å². The second kappa shape index (κ2) is 10.2. The zero-order valence-electron chi connectivity index (χ0n) is 16.3. The van der Waals surface area contributed by atoms with Crippen LogP contribution in [0.4, 0.5) is 0 Å². The Hall–Kier alpha value is -2.20. The molecule has 1 aliphatic rings. The summed E-state index contributed by atoms with van der Waals surface area (Å²) >= 11 is 0. The summed E-state index contributed by atoms with van der Waals surface area (Å²) in [5, 5.41) is 0. The maximum Gasteiger partial charge on any atom is 0.166 e. The molecule has 1 saturated heterocycles. The third-order valence-corrected chi connectivity index (χ3v) is 5.48. The molecule has 1 aliphatic heterocycles. The van der Waals surface area contributed by atoms with Gasteiger partial charge in [-0.2, -0.15) is 0 Å². The van der Waals surface area contributed by atoms with Gasteiger partial charge in [-0.15, -0.1) is 0 Å². The van der Waals surface area contributed by atoms with Gasteiger partial charge in [0.2, 0.25) is 0 Å². The van der Waals surface area contributed by atoms with Crippen LogP contribution in [-0.4, -0.2) is 30.5 Å². The van der Waals surface area contributed by atoms with Crippen LogP contribution >= 0.6 is 0 Å². The van der Waals surface area contributed by atoms with Crippen LogP contribution < -0.4 is 9.64 Å². The number of pyridine rings is 1. The maximum absolute atomic E-state index is 12.0. The third-order valence-electron chi connectivity index (χ3n) is 5.48. The Morgan fingerprint density at radius 3 is 2.89 bits per heavy atom. The number of carbonyl (C=O) groups excluding carboxylic acids is 1. The molecule has 0 aliphatic carbocycles. The summed E-state index contributed by atoms with van der Waals surface area (Å²) in [5.74, 6) is 0.866. The lowest BCUT2D eigenvalue weighted by molar-refractivity contribution is -0.937. The molecule has 2 aromatic rings. The Morgan fingerprint density at radius 2 is 2.07 bits per heavy atom. The van der Waals surface area contributed by atoms with Gasteiger partial charge in [0.25, 0.3) is 0 Å². The van der Waals surface area contributed by atoms with Gasteiger partial charge in [-0.05, 0) is 43.9 Å². The minimum atomic E-state index is 0.141. The predicted molar refractivity (Wildman–Crippen MR) is 107 cm³/mol. The summed E-state index contributed by atoms with van der Waals surface area (Å²) in [5.41, 5.74) is 2.08. The quantitative estimate of drug-likeness (QED) is 0.543. The summed E-state index contributed by atoms with van der Waals surface area (Å²) in [6.45, 7) is 4.96. The average molecular weight is 368 g/mol. The molecule has 1 N–H and O–H groups in total. The van der Waals surface area contributed by atoms with Gasteiger partial charge in [0, 0.05) is 30.8 Å². The number of ether oxygens (including phenoxy) is 1. The summed E-state index contributed by atoms with van der Waals surface area (Å²) < 4.78 is 5.92. The van der Waals surface area contributed by atoms with Gasteiger partial charge in [0.1, 0.15) is 11.8 Å². The summed E-state index contributed by atoms with van der Waals surface area (Å²) in [7, 11) is 0. The molecule has 1 unspecified atom stereocenters. The first-order chi connectivity index (χ1) is 13.3. The molecule has 2 atom stereocenters. The van der Waals surface area contributed by atoms with Crippen molar-refractivity contribution in [2.24, 2.45) is 0 Å². The highest BCUT2D eigenvalue weighted by molar-refractivity contribution is 5.98. The number of quaternary nitrogens is 1. The van der Waals surface area contributed by atoms with Gasteiger partial charge < -0.3 is 9.64 Å². The fraction of sp³-hybridized carbons (Fsp3) is 0.478. The number of benzene rings is 1. The lowest BCUT2D eigenvalue weighted by Gasteiger charge is -2.32. The van der Waals surface area contributed by atoms with E-state index < -0.39 is 0 Å². The molecular formula is C23H31N2O2+. The zero-order chi connectivity index (χ0) is 18.9. The van der Waals surface area contributed by atoms with Crippen molar-refractivity contribution in [1.82, 2.24) is 4.98 Å². The first-order valence-corrected chi connectivity index (χ1v) is 10.3. The van der Waals surface area contributed by atoms with E-state index in [1.54, 1.807) is 4.90 Å². The molecule has 4 heteroatoms. The number of unbranched alkanes of at least 4 members (excludes halogenated alkanes) is 1. The highest BCUT2D eigenvalue weighted by Gasteiger charge is 2.27. The lowest BCUT2D eigenvalue weighted by Crippen LogP contribution is -3.13. The van der Waals surface area contributed by atoms with E-state index in [-0.39, 0.29) is 5.78 Å². The van der Waals surface area contributed by atoms with E-state index in [0.29, 0.717) is 24.6 Å². The molecule has 0 spiro atoms. The number of ketones is 1. The highest BCUT2D eigenvalue weighted by atomic mass is 16.5. The van der Waals surface area contributed by atoms with Gasteiger partial charge in [-0.1, -0.05) is 25.1 Å². The molecule has 1 aromatic heterocycles. The fourth-order valence-corrected chi connectivity index (χ4v) is 4.01. The molecule has 144 valence electrons. The topological polar surface area (TPSA) is 43.6 Å². The minimum Gasteiger partial charge on any atom is -0.493 e. The first-order valence-electron chi connectivity index (χ1n) is 10.3. The van der Waals surface area contributed by atoms with Crippen molar-refractivity contribution in [2.75, 3.05) is 19.7 Å². The number of piperidine rings is 1. The molecule has 27 heavy (non-hydrogen) atoms. The van der Waals surface area contributed by atoms with Crippen LogP contribution in [0, 0.1) is 0 Å². The number of nitrogens with one attached hydrogen (secondary N) is 1. The molecular weight excluding hydrogens is 336 g/mol. The summed E-state index contributed by atoms with van der Waals surface area (Å²) in [6.07, 6.45) is 10.4. The molecule has 0 amide bonds. The number of Topliss-reactive ketones (excluding diaryl/α,β-unsaturated/α-hetero) is 1. The third kappa shape index (κ3) is 5.39. The van der Waals surface area contributed by atoms with Gasteiger partial charge in [-0.3, -0.25) is 9.78 Å². The smallest absolute Gasteiger partial charge is 0.166 e. The van der Waals surface area contributed by atoms with Gasteiger partial charge in [-0.25, -0.2) is 0 Å². The van der Waals surface area contributed by atoms with Crippen molar-refractivity contribution in [2.45, 2.75) is 51.5 Å². The monoisotopic (exact) mass is 367 g/mol. The molecule has 4 nitrogen and oxygen atoms in total. The van der Waals surface area contributed by atoms with E-state index in [4.69, 9.17) is 4.74 Å². The van der Waals surface area contributed by atoms with Crippen molar-refractivity contribution >= 4 is 5.78 Å². The molecule has 3 rings (SSSR count). The SMILES string of the molecule is CCC(=O)c1ccccc1OCCCC[NH+]1CCCC[C@@H]1c1cccnc1. The molecule has 0 radical (unpaired) electrons. The van der Waals surface area contributed by atoms with Gasteiger partial charge in [0.15, 0.2) is 5.78 Å². The number of likely N-dealkylation sites (tertiary alicyclic amines) is 1. The van der Waals surface area contributed by atoms with E-state index in [1.165, 1.54) is 37.9 Å². The van der Waals surface area contributed by atoms with E-state index in [1.807, 2.05) is 49.6 Å². The average Bonchev–Trinajstić information content (AvgIpc) is 2.74. The van der Waals surface area contributed by atoms with Crippen LogP contribution in [0.2, 0.25) is 0 Å². The van der Waals surface area contributed by atoms with Crippen molar-refractivity contribution in [1.29, 1.82) is 0 Å². The molecule has 1 fully saturated rings. The summed E-state index contributed by atoms with van der Waals surface area (Å²) in [6, 6.07) is 12.4. The number of carbonyl (C=O) groups is 1. The van der Waals surface area contributed by atoms with Crippen LogP contribution in [0.25, 0.3) is 0 Å². The van der Waals surface area contributed by atoms with Gasteiger partial charge >= 0.3 is 0 Å². The van der Waals surface area contributed by atoms with Crippen molar-refractivity contribution in [3.05, 3.63) is 59.9 Å². The van der Waals surface area contributed by atoms with Crippen LogP contribution in [0.15, 0.2) is 48.8 Å². The maximum atomic E-state index is 12.0. The van der Waals surface area contributed by atoms with Crippen LogP contribution in [0.5, 0.6) is 5.75 Å². The molecule has 2 heterocycles. The molecule has 0 bridgehead atoms. The van der Waals surface area contributed by atoms with Crippen molar-refractivity contribution < 1.29 is 14.4 Å². The first kappa shape index (κ1) is 19.6. The number of hydrogen-bond acceptors (Lipinski definition) is 3. The largest absolute Gasteiger partial charge is 0.493 e. The Labute approximate surface area is 162 Å². The normalized spacial score (nSPS) is 19.6. The fourth-order valence-electron chi connectivity index (χ4n) is 4.01. The number of hydrogen-bond donors (Lipinski definition) is 1. The number of aromatic nitrogens is 1. The highest BCUT2D eigenvalue weighted by Crippen LogP contribution is 2.20. The Bertz CT molecular complexity index is 717. The van der Waals surface area contributed by atoms with Crippen molar-refractivity contribution in [3.8, 4) is 5.75 Å². The van der Waals surface area contributed by atoms with Crippen LogP contribution in [0.1, 0.15) is 67.4 Å². The van der Waals surface area contributed by atoms with Crippen LogP contribution in [0.3, 0.4) is 0 Å². The zero-order valence-corrected chi connectivity index (χ0v) is 16.3. The van der Waals surface area contributed by atoms with Crippen LogP contribution in [-0.2, 0) is 0 Å². The number of para-hydroxylation sites is 1. The second-order valence-corrected chi connectivity index (χ2v) is 7.32. The predicted octanol–water partition coefficient (Wildman–Crippen LogP) is 3.64. The molecule has 0 saturated carbocycles. The number of nitrogens with zero attached hydrogens (tertiary/aromatic N) is 1.